The molecule has 4 rings (SSSR count). The standard InChI is InChI=1S/C31H32FN3O3/c1-22(33-2)7-6-10-30(36)35-21-24(19-23-8-4-3-5-9-23)20-29(35)31(37)34-26-13-17-28(18-14-26)38-27-15-11-25(32)12-16-27/h3-9,11-18,24,29H,10,19-21H2,1-2H3,(H,34,37)/b7-6+,33-22?/t24-,29+/m1/s1. The van der Waals surface area contributed by atoms with E-state index in [0.29, 0.717) is 30.2 Å². The third-order valence-electron chi connectivity index (χ3n) is 6.55. The van der Waals surface area contributed by atoms with E-state index in [4.69, 9.17) is 4.74 Å². The number of nitrogens with one attached hydrogen (secondary N) is 1. The second kappa shape index (κ2) is 12.8. The third-order valence-corrected chi connectivity index (χ3v) is 6.55. The van der Waals surface area contributed by atoms with Crippen molar-refractivity contribution in [3.8, 4) is 11.5 Å². The highest BCUT2D eigenvalue weighted by Gasteiger charge is 2.39. The van der Waals surface area contributed by atoms with Gasteiger partial charge in [-0.15, -0.1) is 0 Å². The van der Waals surface area contributed by atoms with Crippen LogP contribution in [-0.4, -0.2) is 42.1 Å². The molecule has 196 valence electrons. The van der Waals surface area contributed by atoms with Crippen LogP contribution >= 0.6 is 0 Å². The maximum atomic E-state index is 13.4. The number of ether oxygens (including phenoxy) is 1. The highest BCUT2D eigenvalue weighted by molar-refractivity contribution is 5.98. The number of anilines is 1. The van der Waals surface area contributed by atoms with Crippen LogP contribution in [-0.2, 0) is 16.0 Å². The molecule has 0 spiro atoms. The van der Waals surface area contributed by atoms with Crippen molar-refractivity contribution in [2.75, 3.05) is 18.9 Å². The summed E-state index contributed by atoms with van der Waals surface area (Å²) in [4.78, 5) is 32.3. The van der Waals surface area contributed by atoms with Gasteiger partial charge in [-0.2, -0.15) is 0 Å². The van der Waals surface area contributed by atoms with Crippen LogP contribution in [0, 0.1) is 11.7 Å². The molecule has 0 bridgehead atoms. The lowest BCUT2D eigenvalue weighted by Gasteiger charge is -2.23. The van der Waals surface area contributed by atoms with E-state index in [9.17, 15) is 14.0 Å². The average molecular weight is 514 g/mol. The lowest BCUT2D eigenvalue weighted by Crippen LogP contribution is -2.43. The van der Waals surface area contributed by atoms with Gasteiger partial charge in [0.1, 0.15) is 23.4 Å². The molecule has 1 fully saturated rings. The van der Waals surface area contributed by atoms with E-state index in [0.717, 1.165) is 12.1 Å². The summed E-state index contributed by atoms with van der Waals surface area (Å²) in [6.07, 6.45) is 5.23. The summed E-state index contributed by atoms with van der Waals surface area (Å²) in [5.74, 6) is 0.642. The van der Waals surface area contributed by atoms with E-state index in [1.807, 2.05) is 31.2 Å². The molecule has 1 aliphatic rings. The fourth-order valence-electron chi connectivity index (χ4n) is 4.54. The first kappa shape index (κ1) is 26.8. The van der Waals surface area contributed by atoms with Crippen molar-refractivity contribution in [1.82, 2.24) is 4.90 Å². The molecule has 0 saturated carbocycles. The molecule has 2 atom stereocenters. The van der Waals surface area contributed by atoms with Gasteiger partial charge in [-0.25, -0.2) is 4.39 Å². The average Bonchev–Trinajstić information content (AvgIpc) is 3.35. The summed E-state index contributed by atoms with van der Waals surface area (Å²) in [5.41, 5.74) is 2.63. The van der Waals surface area contributed by atoms with Gasteiger partial charge in [0.05, 0.1) is 0 Å². The molecule has 1 N–H and O–H groups in total. The molecule has 38 heavy (non-hydrogen) atoms. The van der Waals surface area contributed by atoms with Crippen molar-refractivity contribution in [2.24, 2.45) is 10.9 Å². The molecule has 1 heterocycles. The molecule has 7 heteroatoms. The van der Waals surface area contributed by atoms with E-state index in [1.54, 1.807) is 54.4 Å². The van der Waals surface area contributed by atoms with E-state index in [1.165, 1.54) is 17.7 Å². The van der Waals surface area contributed by atoms with Gasteiger partial charge >= 0.3 is 0 Å². The lowest BCUT2D eigenvalue weighted by atomic mass is 9.96. The van der Waals surface area contributed by atoms with Gasteiger partial charge in [0.2, 0.25) is 11.8 Å². The van der Waals surface area contributed by atoms with Gasteiger partial charge in [0.25, 0.3) is 0 Å². The Morgan fingerprint density at radius 2 is 1.68 bits per heavy atom. The number of benzene rings is 3. The minimum atomic E-state index is -0.555. The zero-order chi connectivity index (χ0) is 26.9. The first-order chi connectivity index (χ1) is 18.4. The fraction of sp³-hybridized carbons (Fsp3) is 0.258. The minimum Gasteiger partial charge on any atom is -0.457 e. The number of likely N-dealkylation sites (tertiary alicyclic amines) is 1. The number of hydrogen-bond acceptors (Lipinski definition) is 4. The predicted octanol–water partition coefficient (Wildman–Crippen LogP) is 6.05. The molecule has 0 radical (unpaired) electrons. The molecular formula is C31H32FN3O3. The number of hydrogen-bond donors (Lipinski definition) is 1. The Morgan fingerprint density at radius 1 is 1.03 bits per heavy atom. The Bertz CT molecular complexity index is 1290. The quantitative estimate of drug-likeness (QED) is 0.354. The lowest BCUT2D eigenvalue weighted by molar-refractivity contribution is -0.135. The van der Waals surface area contributed by atoms with Crippen LogP contribution in [0.15, 0.2) is 96.0 Å². The van der Waals surface area contributed by atoms with Gasteiger partial charge in [-0.3, -0.25) is 14.6 Å². The molecule has 3 aromatic rings. The Morgan fingerprint density at radius 3 is 2.34 bits per heavy atom. The first-order valence-electron chi connectivity index (χ1n) is 12.7. The zero-order valence-electron chi connectivity index (χ0n) is 21.6. The van der Waals surface area contributed by atoms with Crippen LogP contribution in [0.1, 0.15) is 25.3 Å². The van der Waals surface area contributed by atoms with Crippen LogP contribution < -0.4 is 10.1 Å². The largest absolute Gasteiger partial charge is 0.457 e. The Labute approximate surface area is 222 Å². The molecule has 0 aliphatic carbocycles. The smallest absolute Gasteiger partial charge is 0.247 e. The summed E-state index contributed by atoms with van der Waals surface area (Å²) >= 11 is 0. The van der Waals surface area contributed by atoms with Crippen molar-refractivity contribution in [1.29, 1.82) is 0 Å². The fourth-order valence-corrected chi connectivity index (χ4v) is 4.54. The summed E-state index contributed by atoms with van der Waals surface area (Å²) < 4.78 is 18.8. The van der Waals surface area contributed by atoms with Crippen molar-refractivity contribution >= 4 is 23.2 Å². The van der Waals surface area contributed by atoms with Crippen molar-refractivity contribution in [3.05, 3.63) is 102 Å². The highest BCUT2D eigenvalue weighted by atomic mass is 19.1. The second-order valence-corrected chi connectivity index (χ2v) is 9.39. The molecule has 0 aromatic heterocycles. The SMILES string of the molecule is CN=C(C)/C=C/CC(=O)N1C[C@H](Cc2ccccc2)C[C@H]1C(=O)Nc1ccc(Oc2ccc(F)cc2)cc1. The van der Waals surface area contributed by atoms with E-state index in [-0.39, 0.29) is 30.0 Å². The number of allylic oxidation sites excluding steroid dienone is 1. The number of carbonyl (C=O) groups excluding carboxylic acids is 2. The van der Waals surface area contributed by atoms with Gasteiger partial charge in [-0.1, -0.05) is 36.4 Å². The molecular weight excluding hydrogens is 481 g/mol. The Hall–Kier alpha value is -4.26. The Kier molecular flexibility index (Phi) is 9.03. The number of aliphatic imine (C=N–C) groups is 1. The van der Waals surface area contributed by atoms with E-state index >= 15 is 0 Å². The van der Waals surface area contributed by atoms with Crippen molar-refractivity contribution < 1.29 is 18.7 Å². The summed E-state index contributed by atoms with van der Waals surface area (Å²) in [7, 11) is 1.71. The highest BCUT2D eigenvalue weighted by Crippen LogP contribution is 2.29. The number of rotatable bonds is 9. The monoisotopic (exact) mass is 513 g/mol. The number of amides is 2. The predicted molar refractivity (Wildman–Crippen MR) is 148 cm³/mol. The molecule has 6 nitrogen and oxygen atoms in total. The van der Waals surface area contributed by atoms with Crippen LogP contribution in [0.3, 0.4) is 0 Å². The molecule has 1 aliphatic heterocycles. The van der Waals surface area contributed by atoms with Gasteiger partial charge in [-0.05, 0) is 85.9 Å². The number of nitrogens with zero attached hydrogens (tertiary/aromatic N) is 2. The van der Waals surface area contributed by atoms with E-state index in [2.05, 4.69) is 22.4 Å². The topological polar surface area (TPSA) is 71.0 Å². The van der Waals surface area contributed by atoms with Crippen molar-refractivity contribution in [2.45, 2.75) is 32.2 Å². The van der Waals surface area contributed by atoms with Gasteiger partial charge in [0.15, 0.2) is 0 Å². The second-order valence-electron chi connectivity index (χ2n) is 9.39. The summed E-state index contributed by atoms with van der Waals surface area (Å²) in [6, 6.07) is 22.3. The van der Waals surface area contributed by atoms with Crippen LogP contribution in [0.2, 0.25) is 0 Å². The summed E-state index contributed by atoms with van der Waals surface area (Å²) in [5, 5.41) is 2.96. The maximum absolute atomic E-state index is 13.4. The normalized spacial score (nSPS) is 17.6. The van der Waals surface area contributed by atoms with Crippen LogP contribution in [0.4, 0.5) is 10.1 Å². The third kappa shape index (κ3) is 7.38. The van der Waals surface area contributed by atoms with Gasteiger partial charge in [0, 0.05) is 31.4 Å². The van der Waals surface area contributed by atoms with Gasteiger partial charge < -0.3 is 15.0 Å². The first-order valence-corrected chi connectivity index (χ1v) is 12.7. The zero-order valence-corrected chi connectivity index (χ0v) is 21.6. The number of halogens is 1. The Balaban J connectivity index is 1.43. The van der Waals surface area contributed by atoms with Crippen molar-refractivity contribution in [3.63, 3.8) is 0 Å². The molecule has 1 saturated heterocycles. The van der Waals surface area contributed by atoms with Crippen LogP contribution in [0.25, 0.3) is 0 Å². The summed E-state index contributed by atoms with van der Waals surface area (Å²) in [6.45, 7) is 2.41. The minimum absolute atomic E-state index is 0.0797. The number of carbonyl (C=O) groups is 2. The molecule has 3 aromatic carbocycles. The maximum Gasteiger partial charge on any atom is 0.247 e. The van der Waals surface area contributed by atoms with Crippen LogP contribution in [0.5, 0.6) is 11.5 Å². The molecule has 2 amide bonds. The molecule has 0 unspecified atom stereocenters. The van der Waals surface area contributed by atoms with E-state index < -0.39 is 6.04 Å².